The molecule has 1 aromatic heterocycles. The summed E-state index contributed by atoms with van der Waals surface area (Å²) in [4.78, 5) is 0. The van der Waals surface area contributed by atoms with Gasteiger partial charge in [-0.25, -0.2) is 0 Å². The second-order valence-corrected chi connectivity index (χ2v) is 5.56. The van der Waals surface area contributed by atoms with Gasteiger partial charge in [0.15, 0.2) is 0 Å². The molecule has 0 saturated heterocycles. The smallest absolute Gasteiger partial charge is 0.134 e. The highest BCUT2D eigenvalue weighted by atomic mass is 79.9. The standard InChI is InChI=1S/C17H20BrNO/c1-3-13(12-19-4-2)11-16-9-10-17(20-16)14-5-7-15(18)8-6-14/h5-11,19H,3-4,12H2,1-2H3. The van der Waals surface area contributed by atoms with Crippen molar-refractivity contribution in [3.05, 3.63) is 52.2 Å². The topological polar surface area (TPSA) is 25.2 Å². The molecular formula is C17H20BrNO. The van der Waals surface area contributed by atoms with Gasteiger partial charge in [-0.3, -0.25) is 0 Å². The molecule has 0 radical (unpaired) electrons. The van der Waals surface area contributed by atoms with Crippen LogP contribution < -0.4 is 5.32 Å². The third-order valence-corrected chi connectivity index (χ3v) is 3.69. The fourth-order valence-corrected chi connectivity index (χ4v) is 2.23. The van der Waals surface area contributed by atoms with Crippen LogP contribution in [0.15, 0.2) is 50.9 Å². The Kier molecular flexibility index (Phi) is 5.62. The minimum atomic E-state index is 0.905. The normalized spacial score (nSPS) is 11.8. The Morgan fingerprint density at radius 1 is 1.15 bits per heavy atom. The quantitative estimate of drug-likeness (QED) is 0.794. The zero-order valence-electron chi connectivity index (χ0n) is 11.9. The average molecular weight is 334 g/mol. The first-order chi connectivity index (χ1) is 9.72. The molecule has 2 nitrogen and oxygen atoms in total. The Labute approximate surface area is 129 Å². The van der Waals surface area contributed by atoms with Crippen molar-refractivity contribution in [3.8, 4) is 11.3 Å². The van der Waals surface area contributed by atoms with Gasteiger partial charge in [0.05, 0.1) is 0 Å². The number of benzene rings is 1. The van der Waals surface area contributed by atoms with E-state index in [4.69, 9.17) is 4.42 Å². The molecule has 0 unspecified atom stereocenters. The fourth-order valence-electron chi connectivity index (χ4n) is 1.96. The van der Waals surface area contributed by atoms with Gasteiger partial charge in [-0.1, -0.05) is 47.5 Å². The van der Waals surface area contributed by atoms with Crippen LogP contribution in [0.3, 0.4) is 0 Å². The van der Waals surface area contributed by atoms with E-state index in [9.17, 15) is 0 Å². The lowest BCUT2D eigenvalue weighted by Crippen LogP contribution is -2.15. The maximum absolute atomic E-state index is 5.90. The van der Waals surface area contributed by atoms with E-state index in [0.717, 1.165) is 41.1 Å². The van der Waals surface area contributed by atoms with Gasteiger partial charge in [-0.15, -0.1) is 0 Å². The van der Waals surface area contributed by atoms with Crippen LogP contribution in [-0.2, 0) is 0 Å². The molecule has 3 heteroatoms. The van der Waals surface area contributed by atoms with E-state index in [0.29, 0.717) is 0 Å². The van der Waals surface area contributed by atoms with E-state index in [-0.39, 0.29) is 0 Å². The van der Waals surface area contributed by atoms with Crippen LogP contribution in [0.4, 0.5) is 0 Å². The minimum Gasteiger partial charge on any atom is -0.457 e. The van der Waals surface area contributed by atoms with E-state index in [1.165, 1.54) is 5.57 Å². The number of hydrogen-bond donors (Lipinski definition) is 1. The maximum Gasteiger partial charge on any atom is 0.134 e. The summed E-state index contributed by atoms with van der Waals surface area (Å²) in [6.45, 7) is 6.19. The Morgan fingerprint density at radius 2 is 1.90 bits per heavy atom. The summed E-state index contributed by atoms with van der Waals surface area (Å²) in [5.41, 5.74) is 2.45. The number of nitrogens with one attached hydrogen (secondary N) is 1. The molecule has 20 heavy (non-hydrogen) atoms. The molecule has 2 aromatic rings. The third kappa shape index (κ3) is 4.09. The van der Waals surface area contributed by atoms with Crippen LogP contribution >= 0.6 is 15.9 Å². The van der Waals surface area contributed by atoms with E-state index in [1.54, 1.807) is 0 Å². The number of hydrogen-bond acceptors (Lipinski definition) is 2. The molecule has 0 saturated carbocycles. The molecule has 0 aliphatic heterocycles. The van der Waals surface area contributed by atoms with Crippen molar-refractivity contribution in [3.63, 3.8) is 0 Å². The van der Waals surface area contributed by atoms with Crippen molar-refractivity contribution < 1.29 is 4.42 Å². The SMILES string of the molecule is CCNCC(=Cc1ccc(-c2ccc(Br)cc2)o1)CC. The van der Waals surface area contributed by atoms with Gasteiger partial charge in [0.25, 0.3) is 0 Å². The largest absolute Gasteiger partial charge is 0.457 e. The molecule has 0 bridgehead atoms. The van der Waals surface area contributed by atoms with Gasteiger partial charge >= 0.3 is 0 Å². The first kappa shape index (κ1) is 15.1. The van der Waals surface area contributed by atoms with Gasteiger partial charge in [0, 0.05) is 16.6 Å². The monoisotopic (exact) mass is 333 g/mol. The van der Waals surface area contributed by atoms with Crippen LogP contribution in [-0.4, -0.2) is 13.1 Å². The zero-order valence-corrected chi connectivity index (χ0v) is 13.5. The molecule has 0 fully saturated rings. The summed E-state index contributed by atoms with van der Waals surface area (Å²) in [5, 5.41) is 3.35. The summed E-state index contributed by atoms with van der Waals surface area (Å²) in [6.07, 6.45) is 3.16. The Balaban J connectivity index is 2.15. The van der Waals surface area contributed by atoms with E-state index in [1.807, 2.05) is 24.3 Å². The molecule has 0 amide bonds. The first-order valence-electron chi connectivity index (χ1n) is 6.99. The van der Waals surface area contributed by atoms with Gasteiger partial charge in [-0.05, 0) is 43.3 Å². The number of rotatable bonds is 6. The highest BCUT2D eigenvalue weighted by Gasteiger charge is 2.04. The van der Waals surface area contributed by atoms with E-state index < -0.39 is 0 Å². The molecule has 0 aliphatic rings. The Hall–Kier alpha value is -1.32. The van der Waals surface area contributed by atoms with Crippen molar-refractivity contribution in [1.82, 2.24) is 5.32 Å². The lowest BCUT2D eigenvalue weighted by atomic mass is 10.1. The highest BCUT2D eigenvalue weighted by molar-refractivity contribution is 9.10. The molecular weight excluding hydrogens is 314 g/mol. The van der Waals surface area contributed by atoms with Crippen molar-refractivity contribution >= 4 is 22.0 Å². The second-order valence-electron chi connectivity index (χ2n) is 4.65. The summed E-state index contributed by atoms with van der Waals surface area (Å²) in [5.74, 6) is 1.82. The lowest BCUT2D eigenvalue weighted by molar-refractivity contribution is 0.570. The molecule has 0 atom stereocenters. The molecule has 1 aromatic carbocycles. The predicted molar refractivity (Wildman–Crippen MR) is 88.7 cm³/mol. The maximum atomic E-state index is 5.90. The van der Waals surface area contributed by atoms with E-state index >= 15 is 0 Å². The Morgan fingerprint density at radius 3 is 2.55 bits per heavy atom. The molecule has 106 valence electrons. The lowest BCUT2D eigenvalue weighted by Gasteiger charge is -2.04. The first-order valence-corrected chi connectivity index (χ1v) is 7.78. The average Bonchev–Trinajstić information content (AvgIpc) is 2.92. The number of furan rings is 1. The predicted octanol–water partition coefficient (Wildman–Crippen LogP) is 5.11. The summed E-state index contributed by atoms with van der Waals surface area (Å²) >= 11 is 3.44. The van der Waals surface area contributed by atoms with Gasteiger partial charge < -0.3 is 9.73 Å². The number of likely N-dealkylation sites (N-methyl/N-ethyl adjacent to an activating group) is 1. The highest BCUT2D eigenvalue weighted by Crippen LogP contribution is 2.25. The van der Waals surface area contributed by atoms with Gasteiger partial charge in [0.2, 0.25) is 0 Å². The summed E-state index contributed by atoms with van der Waals surface area (Å²) in [7, 11) is 0. The minimum absolute atomic E-state index is 0.905. The second kappa shape index (κ2) is 7.46. The third-order valence-electron chi connectivity index (χ3n) is 3.16. The van der Waals surface area contributed by atoms with Crippen LogP contribution in [0.1, 0.15) is 26.0 Å². The summed E-state index contributed by atoms with van der Waals surface area (Å²) in [6, 6.07) is 12.2. The molecule has 2 rings (SSSR count). The molecule has 0 aliphatic carbocycles. The van der Waals surface area contributed by atoms with Crippen LogP contribution in [0.25, 0.3) is 17.4 Å². The number of halogens is 1. The molecule has 1 N–H and O–H groups in total. The van der Waals surface area contributed by atoms with Crippen LogP contribution in [0.5, 0.6) is 0 Å². The van der Waals surface area contributed by atoms with Crippen LogP contribution in [0, 0.1) is 0 Å². The van der Waals surface area contributed by atoms with Crippen molar-refractivity contribution in [2.45, 2.75) is 20.3 Å². The Bertz CT molecular complexity index is 569. The van der Waals surface area contributed by atoms with Crippen molar-refractivity contribution in [2.75, 3.05) is 13.1 Å². The van der Waals surface area contributed by atoms with Gasteiger partial charge in [0.1, 0.15) is 11.5 Å². The molecule has 0 spiro atoms. The van der Waals surface area contributed by atoms with E-state index in [2.05, 4.69) is 53.3 Å². The molecule has 1 heterocycles. The zero-order chi connectivity index (χ0) is 14.4. The van der Waals surface area contributed by atoms with Crippen molar-refractivity contribution in [2.24, 2.45) is 0 Å². The summed E-state index contributed by atoms with van der Waals surface area (Å²) < 4.78 is 6.98. The van der Waals surface area contributed by atoms with Crippen LogP contribution in [0.2, 0.25) is 0 Å². The fraction of sp³-hybridized carbons (Fsp3) is 0.294. The van der Waals surface area contributed by atoms with Crippen molar-refractivity contribution in [1.29, 1.82) is 0 Å². The van der Waals surface area contributed by atoms with Gasteiger partial charge in [-0.2, -0.15) is 0 Å².